The maximum absolute atomic E-state index is 10.1. The van der Waals surface area contributed by atoms with Crippen LogP contribution in [0.25, 0.3) is 11.4 Å². The van der Waals surface area contributed by atoms with Gasteiger partial charge >= 0.3 is 0 Å². The third kappa shape index (κ3) is 3.01. The van der Waals surface area contributed by atoms with E-state index in [-0.39, 0.29) is 5.92 Å². The Morgan fingerprint density at radius 1 is 1.27 bits per heavy atom. The zero-order valence-electron chi connectivity index (χ0n) is 14.8. The van der Waals surface area contributed by atoms with Crippen molar-refractivity contribution in [3.63, 3.8) is 0 Å². The van der Waals surface area contributed by atoms with Gasteiger partial charge < -0.3 is 9.84 Å². The van der Waals surface area contributed by atoms with Crippen molar-refractivity contribution in [2.75, 3.05) is 6.61 Å². The Morgan fingerprint density at radius 3 is 2.92 bits per heavy atom. The Morgan fingerprint density at radius 2 is 2.12 bits per heavy atom. The lowest BCUT2D eigenvalue weighted by atomic mass is 9.99. The average molecular weight is 367 g/mol. The van der Waals surface area contributed by atoms with Crippen molar-refractivity contribution >= 4 is 12.2 Å². The van der Waals surface area contributed by atoms with Gasteiger partial charge in [-0.15, -0.1) is 0 Å². The molecule has 0 radical (unpaired) electrons. The fourth-order valence-corrected chi connectivity index (χ4v) is 3.56. The number of H-pyrrole nitrogens is 1. The van der Waals surface area contributed by atoms with Crippen LogP contribution in [0.3, 0.4) is 0 Å². The Kier molecular flexibility index (Phi) is 4.28. The number of hydrogen-bond acceptors (Lipinski definition) is 4. The fourth-order valence-electron chi connectivity index (χ4n) is 3.36. The molecule has 4 rings (SSSR count). The summed E-state index contributed by atoms with van der Waals surface area (Å²) >= 11 is 5.45. The van der Waals surface area contributed by atoms with Gasteiger partial charge in [0.1, 0.15) is 11.5 Å². The van der Waals surface area contributed by atoms with Gasteiger partial charge in [0.05, 0.1) is 13.2 Å². The monoisotopic (exact) mass is 367 g/mol. The zero-order chi connectivity index (χ0) is 18.3. The van der Waals surface area contributed by atoms with Crippen molar-refractivity contribution in [2.24, 2.45) is 0 Å². The predicted octanol–water partition coefficient (Wildman–Crippen LogP) is 4.42. The van der Waals surface area contributed by atoms with Gasteiger partial charge in [0, 0.05) is 12.0 Å². The summed E-state index contributed by atoms with van der Waals surface area (Å²) in [4.78, 5) is 0. The summed E-state index contributed by atoms with van der Waals surface area (Å²) in [6.07, 6.45) is 0.947. The average Bonchev–Trinajstić information content (AvgIpc) is 3.22. The van der Waals surface area contributed by atoms with Gasteiger partial charge in [0.15, 0.2) is 10.6 Å². The van der Waals surface area contributed by atoms with Crippen molar-refractivity contribution in [3.8, 4) is 22.9 Å². The van der Waals surface area contributed by atoms with Gasteiger partial charge in [0.2, 0.25) is 0 Å². The van der Waals surface area contributed by atoms with E-state index in [2.05, 4.69) is 36.2 Å². The number of rotatable bonds is 4. The summed E-state index contributed by atoms with van der Waals surface area (Å²) < 4.78 is 8.15. The van der Waals surface area contributed by atoms with E-state index in [0.29, 0.717) is 17.1 Å². The van der Waals surface area contributed by atoms with E-state index in [9.17, 15) is 5.11 Å². The molecule has 2 N–H and O–H groups in total. The summed E-state index contributed by atoms with van der Waals surface area (Å²) in [6.45, 7) is 5.50. The van der Waals surface area contributed by atoms with Crippen LogP contribution in [0.4, 0.5) is 0 Å². The number of phenols is 1. The molecule has 26 heavy (non-hydrogen) atoms. The first-order valence-electron chi connectivity index (χ1n) is 8.76. The molecule has 0 amide bonds. The van der Waals surface area contributed by atoms with Crippen LogP contribution in [0, 0.1) is 4.77 Å². The van der Waals surface area contributed by atoms with Gasteiger partial charge in [-0.25, -0.2) is 0 Å². The molecule has 134 valence electrons. The number of aromatic amines is 1. The third-order valence-electron chi connectivity index (χ3n) is 4.76. The Bertz CT molecular complexity index is 1020. The zero-order valence-corrected chi connectivity index (χ0v) is 15.6. The number of hydrogen-bond donors (Lipinski definition) is 2. The Balaban J connectivity index is 1.72. The standard InChI is InChI=1S/C20H21N3O2S/c1-12(2)16-10-15(4-5-17(16)24)19-21-22-20(26)23(19)11-13-3-6-18-14(9-13)7-8-25-18/h3-6,9-10,12,24H,7-8,11H2,1-2H3,(H,22,26). The predicted molar refractivity (Wildman–Crippen MR) is 103 cm³/mol. The highest BCUT2D eigenvalue weighted by Crippen LogP contribution is 2.31. The molecule has 5 nitrogen and oxygen atoms in total. The van der Waals surface area contributed by atoms with Crippen molar-refractivity contribution in [2.45, 2.75) is 32.7 Å². The van der Waals surface area contributed by atoms with E-state index in [0.717, 1.165) is 41.3 Å². The minimum atomic E-state index is 0.224. The molecule has 6 heteroatoms. The summed E-state index contributed by atoms with van der Waals surface area (Å²) in [6, 6.07) is 11.9. The van der Waals surface area contributed by atoms with Crippen LogP contribution < -0.4 is 4.74 Å². The maximum atomic E-state index is 10.1. The first-order valence-corrected chi connectivity index (χ1v) is 9.17. The molecule has 0 spiro atoms. The first-order chi connectivity index (χ1) is 12.5. The van der Waals surface area contributed by atoms with Gasteiger partial charge in [-0.3, -0.25) is 9.67 Å². The largest absolute Gasteiger partial charge is 0.508 e. The SMILES string of the molecule is CC(C)c1cc(-c2n[nH]c(=S)n2Cc2ccc3c(c2)CCO3)ccc1O. The Labute approximate surface area is 157 Å². The van der Waals surface area contributed by atoms with Crippen LogP contribution in [-0.2, 0) is 13.0 Å². The van der Waals surface area contributed by atoms with E-state index in [1.54, 1.807) is 6.07 Å². The fraction of sp³-hybridized carbons (Fsp3) is 0.300. The summed E-state index contributed by atoms with van der Waals surface area (Å²) in [7, 11) is 0. The highest BCUT2D eigenvalue weighted by Gasteiger charge is 2.15. The van der Waals surface area contributed by atoms with Gasteiger partial charge in [-0.1, -0.05) is 26.0 Å². The molecule has 0 fully saturated rings. The van der Waals surface area contributed by atoms with Crippen LogP contribution in [0.15, 0.2) is 36.4 Å². The van der Waals surface area contributed by atoms with Crippen molar-refractivity contribution in [1.29, 1.82) is 0 Å². The third-order valence-corrected chi connectivity index (χ3v) is 5.07. The second-order valence-electron chi connectivity index (χ2n) is 6.91. The Hall–Kier alpha value is -2.60. The van der Waals surface area contributed by atoms with Crippen LogP contribution >= 0.6 is 12.2 Å². The van der Waals surface area contributed by atoms with E-state index in [1.807, 2.05) is 22.8 Å². The molecule has 2 heterocycles. The van der Waals surface area contributed by atoms with Crippen molar-refractivity contribution in [3.05, 3.63) is 57.9 Å². The van der Waals surface area contributed by atoms with E-state index in [4.69, 9.17) is 17.0 Å². The number of fused-ring (bicyclic) bond motifs is 1. The molecule has 0 bridgehead atoms. The van der Waals surface area contributed by atoms with Crippen LogP contribution in [0.1, 0.15) is 36.5 Å². The molecule has 1 aliphatic heterocycles. The summed E-state index contributed by atoms with van der Waals surface area (Å²) in [5.74, 6) is 2.28. The number of aromatic nitrogens is 3. The van der Waals surface area contributed by atoms with Crippen LogP contribution in [0.2, 0.25) is 0 Å². The van der Waals surface area contributed by atoms with Gasteiger partial charge in [-0.2, -0.15) is 5.10 Å². The number of nitrogens with zero attached hydrogens (tertiary/aromatic N) is 2. The normalized spacial score (nSPS) is 13.0. The molecule has 0 aliphatic carbocycles. The first kappa shape index (κ1) is 16.8. The van der Waals surface area contributed by atoms with Gasteiger partial charge in [0.25, 0.3) is 0 Å². The molecular weight excluding hydrogens is 346 g/mol. The molecule has 1 aliphatic rings. The number of benzene rings is 2. The summed E-state index contributed by atoms with van der Waals surface area (Å²) in [5.41, 5.74) is 4.24. The number of phenolic OH excluding ortho intramolecular Hbond substituents is 1. The second-order valence-corrected chi connectivity index (χ2v) is 7.29. The van der Waals surface area contributed by atoms with E-state index >= 15 is 0 Å². The topological polar surface area (TPSA) is 63.1 Å². The lowest BCUT2D eigenvalue weighted by Gasteiger charge is -2.12. The van der Waals surface area contributed by atoms with E-state index in [1.165, 1.54) is 5.56 Å². The number of ether oxygens (including phenoxy) is 1. The second kappa shape index (κ2) is 6.61. The minimum Gasteiger partial charge on any atom is -0.508 e. The molecular formula is C20H21N3O2S. The lowest BCUT2D eigenvalue weighted by molar-refractivity contribution is 0.357. The molecule has 3 aromatic rings. The highest BCUT2D eigenvalue weighted by atomic mass is 32.1. The number of nitrogens with one attached hydrogen (secondary N) is 1. The molecule has 0 atom stereocenters. The van der Waals surface area contributed by atoms with Gasteiger partial charge in [-0.05, 0) is 59.1 Å². The molecule has 0 unspecified atom stereocenters. The highest BCUT2D eigenvalue weighted by molar-refractivity contribution is 7.71. The number of aromatic hydroxyl groups is 1. The van der Waals surface area contributed by atoms with E-state index < -0.39 is 0 Å². The quantitative estimate of drug-likeness (QED) is 0.670. The van der Waals surface area contributed by atoms with Crippen LogP contribution in [-0.4, -0.2) is 26.5 Å². The maximum Gasteiger partial charge on any atom is 0.195 e. The molecule has 2 aromatic carbocycles. The van der Waals surface area contributed by atoms with Crippen molar-refractivity contribution in [1.82, 2.24) is 14.8 Å². The van der Waals surface area contributed by atoms with Crippen molar-refractivity contribution < 1.29 is 9.84 Å². The molecule has 0 saturated heterocycles. The molecule has 0 saturated carbocycles. The summed E-state index contributed by atoms with van der Waals surface area (Å²) in [5, 5.41) is 17.4. The lowest BCUT2D eigenvalue weighted by Crippen LogP contribution is -2.03. The minimum absolute atomic E-state index is 0.224. The van der Waals surface area contributed by atoms with Crippen LogP contribution in [0.5, 0.6) is 11.5 Å². The molecule has 1 aromatic heterocycles. The smallest absolute Gasteiger partial charge is 0.195 e.